The van der Waals surface area contributed by atoms with Gasteiger partial charge in [-0.2, -0.15) is 5.10 Å². The van der Waals surface area contributed by atoms with E-state index in [2.05, 4.69) is 15.5 Å². The highest BCUT2D eigenvalue weighted by atomic mass is 35.5. The molecule has 1 aromatic heterocycles. The second-order valence-corrected chi connectivity index (χ2v) is 6.35. The Labute approximate surface area is 137 Å². The smallest absolute Gasteiger partial charge is 0.407 e. The Morgan fingerprint density at radius 2 is 2.30 bits per heavy atom. The SMILES string of the molecule is O=C(N[C@H]1CC[C@H](O)C1)O[C@@H]1CCN(c2cn[nH]c(=O)c2Cl)C1. The summed E-state index contributed by atoms with van der Waals surface area (Å²) in [6.07, 6.45) is 3.11. The molecule has 9 heteroatoms. The standard InChI is InChI=1S/C14H19ClN4O4/c15-12-11(6-16-18-13(12)21)19-4-3-10(7-19)23-14(22)17-8-1-2-9(20)5-8/h6,8-10,20H,1-5,7H2,(H,17,22)(H,18,21)/t8-,9-,10+/m0/s1. The second kappa shape index (κ2) is 6.76. The Hall–Kier alpha value is -1.80. The van der Waals surface area contributed by atoms with Gasteiger partial charge in [0.1, 0.15) is 11.1 Å². The van der Waals surface area contributed by atoms with Crippen LogP contribution in [-0.4, -0.2) is 52.7 Å². The molecule has 1 aliphatic heterocycles. The summed E-state index contributed by atoms with van der Waals surface area (Å²) in [6, 6.07) is -0.0265. The number of carbonyl (C=O) groups excluding carboxylic acids is 1. The Morgan fingerprint density at radius 3 is 3.04 bits per heavy atom. The summed E-state index contributed by atoms with van der Waals surface area (Å²) >= 11 is 5.98. The number of anilines is 1. The number of nitrogens with one attached hydrogen (secondary N) is 2. The van der Waals surface area contributed by atoms with E-state index in [0.29, 0.717) is 38.0 Å². The van der Waals surface area contributed by atoms with Crippen LogP contribution in [0, 0.1) is 0 Å². The molecule has 1 aliphatic carbocycles. The van der Waals surface area contributed by atoms with Crippen LogP contribution in [0.1, 0.15) is 25.7 Å². The molecule has 126 valence electrons. The summed E-state index contributed by atoms with van der Waals surface area (Å²) in [5.41, 5.74) is 0.104. The zero-order chi connectivity index (χ0) is 16.4. The van der Waals surface area contributed by atoms with Gasteiger partial charge in [0.05, 0.1) is 24.5 Å². The maximum absolute atomic E-state index is 11.9. The Kier molecular flexibility index (Phi) is 4.72. The summed E-state index contributed by atoms with van der Waals surface area (Å²) in [5.74, 6) is 0. The molecule has 1 saturated carbocycles. The van der Waals surface area contributed by atoms with Gasteiger partial charge < -0.3 is 20.1 Å². The number of ether oxygens (including phenoxy) is 1. The average molecular weight is 343 g/mol. The first-order valence-corrected chi connectivity index (χ1v) is 8.04. The minimum Gasteiger partial charge on any atom is -0.444 e. The van der Waals surface area contributed by atoms with Crippen LogP contribution in [0.5, 0.6) is 0 Å². The molecule has 0 aromatic carbocycles. The van der Waals surface area contributed by atoms with Crippen LogP contribution in [-0.2, 0) is 4.74 Å². The average Bonchev–Trinajstić information content (AvgIpc) is 3.11. The van der Waals surface area contributed by atoms with Gasteiger partial charge in [0, 0.05) is 19.0 Å². The van der Waals surface area contributed by atoms with Gasteiger partial charge in [0.2, 0.25) is 0 Å². The van der Waals surface area contributed by atoms with E-state index in [9.17, 15) is 14.7 Å². The molecule has 3 atom stereocenters. The van der Waals surface area contributed by atoms with E-state index in [-0.39, 0.29) is 23.3 Å². The molecule has 0 bridgehead atoms. The highest BCUT2D eigenvalue weighted by Gasteiger charge is 2.30. The summed E-state index contributed by atoms with van der Waals surface area (Å²) in [7, 11) is 0. The number of rotatable bonds is 3. The minimum atomic E-state index is -0.467. The molecule has 8 nitrogen and oxygen atoms in total. The summed E-state index contributed by atoms with van der Waals surface area (Å²) in [4.78, 5) is 25.3. The predicted octanol–water partition coefficient (Wildman–Crippen LogP) is 0.642. The fraction of sp³-hybridized carbons (Fsp3) is 0.643. The van der Waals surface area contributed by atoms with Gasteiger partial charge in [-0.1, -0.05) is 11.6 Å². The van der Waals surface area contributed by atoms with Crippen molar-refractivity contribution in [2.45, 2.75) is 43.9 Å². The van der Waals surface area contributed by atoms with Crippen molar-refractivity contribution in [3.05, 3.63) is 21.6 Å². The third-order valence-electron chi connectivity index (χ3n) is 4.26. The quantitative estimate of drug-likeness (QED) is 0.744. The van der Waals surface area contributed by atoms with Crippen molar-refractivity contribution in [1.29, 1.82) is 0 Å². The first-order chi connectivity index (χ1) is 11.0. The zero-order valence-electron chi connectivity index (χ0n) is 12.5. The Balaban J connectivity index is 1.52. The monoisotopic (exact) mass is 342 g/mol. The first-order valence-electron chi connectivity index (χ1n) is 7.66. The number of aromatic amines is 1. The van der Waals surface area contributed by atoms with E-state index in [1.54, 1.807) is 0 Å². The maximum atomic E-state index is 11.9. The molecule has 3 N–H and O–H groups in total. The molecule has 0 unspecified atom stereocenters. The van der Waals surface area contributed by atoms with E-state index < -0.39 is 11.7 Å². The van der Waals surface area contributed by atoms with Gasteiger partial charge in [0.15, 0.2) is 0 Å². The molecule has 1 amide bonds. The highest BCUT2D eigenvalue weighted by molar-refractivity contribution is 6.33. The van der Waals surface area contributed by atoms with Gasteiger partial charge >= 0.3 is 6.09 Å². The largest absolute Gasteiger partial charge is 0.444 e. The number of halogens is 1. The molecule has 1 aromatic rings. The first kappa shape index (κ1) is 16.1. The van der Waals surface area contributed by atoms with Crippen molar-refractivity contribution < 1.29 is 14.6 Å². The van der Waals surface area contributed by atoms with Crippen molar-refractivity contribution in [1.82, 2.24) is 15.5 Å². The molecular formula is C14H19ClN4O4. The molecule has 0 spiro atoms. The fourth-order valence-electron chi connectivity index (χ4n) is 3.08. The van der Waals surface area contributed by atoms with Crippen molar-refractivity contribution in [3.63, 3.8) is 0 Å². The highest BCUT2D eigenvalue weighted by Crippen LogP contribution is 2.26. The van der Waals surface area contributed by atoms with Crippen molar-refractivity contribution in [2.24, 2.45) is 0 Å². The van der Waals surface area contributed by atoms with E-state index in [0.717, 1.165) is 6.42 Å². The van der Waals surface area contributed by atoms with Gasteiger partial charge in [-0.05, 0) is 19.3 Å². The normalized spacial score (nSPS) is 27.2. The number of nitrogens with zero attached hydrogens (tertiary/aromatic N) is 2. The number of hydrogen-bond acceptors (Lipinski definition) is 6. The maximum Gasteiger partial charge on any atom is 0.407 e. The van der Waals surface area contributed by atoms with E-state index in [4.69, 9.17) is 16.3 Å². The summed E-state index contributed by atoms with van der Waals surface area (Å²) in [5, 5.41) is 18.3. The minimum absolute atomic E-state index is 0.0265. The number of aromatic nitrogens is 2. The predicted molar refractivity (Wildman–Crippen MR) is 83.7 cm³/mol. The third kappa shape index (κ3) is 3.76. The second-order valence-electron chi connectivity index (χ2n) is 5.97. The molecule has 1 saturated heterocycles. The summed E-state index contributed by atoms with van der Waals surface area (Å²) in [6.45, 7) is 1.09. The van der Waals surface area contributed by atoms with E-state index in [1.165, 1.54) is 6.20 Å². The number of aliphatic hydroxyl groups is 1. The van der Waals surface area contributed by atoms with Crippen molar-refractivity contribution in [3.8, 4) is 0 Å². The van der Waals surface area contributed by atoms with Crippen LogP contribution in [0.15, 0.2) is 11.0 Å². The van der Waals surface area contributed by atoms with Gasteiger partial charge in [-0.25, -0.2) is 9.89 Å². The molecule has 2 heterocycles. The topological polar surface area (TPSA) is 108 Å². The lowest BCUT2D eigenvalue weighted by molar-refractivity contribution is 0.104. The number of carbonyl (C=O) groups is 1. The van der Waals surface area contributed by atoms with Gasteiger partial charge in [-0.3, -0.25) is 4.79 Å². The molecule has 2 fully saturated rings. The number of alkyl carbamates (subject to hydrolysis) is 1. The zero-order valence-corrected chi connectivity index (χ0v) is 13.3. The third-order valence-corrected chi connectivity index (χ3v) is 4.63. The van der Waals surface area contributed by atoms with Crippen LogP contribution in [0.4, 0.5) is 10.5 Å². The molecule has 3 rings (SSSR count). The molecule has 23 heavy (non-hydrogen) atoms. The lowest BCUT2D eigenvalue weighted by Crippen LogP contribution is -2.37. The Bertz CT molecular complexity index is 637. The van der Waals surface area contributed by atoms with Gasteiger partial charge in [-0.15, -0.1) is 0 Å². The van der Waals surface area contributed by atoms with Crippen molar-refractivity contribution in [2.75, 3.05) is 18.0 Å². The van der Waals surface area contributed by atoms with Crippen molar-refractivity contribution >= 4 is 23.4 Å². The lowest BCUT2D eigenvalue weighted by Gasteiger charge is -2.19. The van der Waals surface area contributed by atoms with Crippen LogP contribution in [0.25, 0.3) is 0 Å². The number of H-pyrrole nitrogens is 1. The number of amides is 1. The van der Waals surface area contributed by atoms with Crippen LogP contribution in [0.2, 0.25) is 5.02 Å². The van der Waals surface area contributed by atoms with E-state index in [1.807, 2.05) is 4.90 Å². The van der Waals surface area contributed by atoms with Crippen LogP contribution < -0.4 is 15.8 Å². The molecular weight excluding hydrogens is 324 g/mol. The number of hydrogen-bond donors (Lipinski definition) is 3. The molecule has 2 aliphatic rings. The van der Waals surface area contributed by atoms with E-state index >= 15 is 0 Å². The molecule has 0 radical (unpaired) electrons. The Morgan fingerprint density at radius 1 is 1.48 bits per heavy atom. The van der Waals surface area contributed by atoms with Gasteiger partial charge in [0.25, 0.3) is 5.56 Å². The summed E-state index contributed by atoms with van der Waals surface area (Å²) < 4.78 is 5.41. The lowest BCUT2D eigenvalue weighted by atomic mass is 10.2. The fourth-order valence-corrected chi connectivity index (χ4v) is 3.29. The number of aliphatic hydroxyl groups excluding tert-OH is 1. The van der Waals surface area contributed by atoms with Crippen LogP contribution >= 0.6 is 11.6 Å². The van der Waals surface area contributed by atoms with Crippen LogP contribution in [0.3, 0.4) is 0 Å².